The molecule has 1 rings (SSSR count). The number of nitrogens with two attached hydrogens (primary N) is 1. The highest BCUT2D eigenvalue weighted by molar-refractivity contribution is 5.69. The van der Waals surface area contributed by atoms with Crippen molar-refractivity contribution in [2.24, 2.45) is 11.7 Å². The summed E-state index contributed by atoms with van der Waals surface area (Å²) in [5, 5.41) is 0. The Balaban J connectivity index is 2.22. The summed E-state index contributed by atoms with van der Waals surface area (Å²) in [7, 11) is 1.40. The third-order valence-electron chi connectivity index (χ3n) is 2.48. The van der Waals surface area contributed by atoms with E-state index in [1.807, 2.05) is 0 Å². The minimum Gasteiger partial charge on any atom is -0.469 e. The normalized spacial score (nSPS) is 28.5. The van der Waals surface area contributed by atoms with Gasteiger partial charge < -0.3 is 15.2 Å². The molecule has 2 unspecified atom stereocenters. The van der Waals surface area contributed by atoms with Gasteiger partial charge in [-0.15, -0.1) is 0 Å². The lowest BCUT2D eigenvalue weighted by atomic mass is 9.92. The summed E-state index contributed by atoms with van der Waals surface area (Å²) in [5.41, 5.74) is 5.87. The summed E-state index contributed by atoms with van der Waals surface area (Å²) in [6.07, 6.45) is 2.11. The van der Waals surface area contributed by atoms with E-state index in [1.54, 1.807) is 0 Å². The van der Waals surface area contributed by atoms with Crippen molar-refractivity contribution in [3.05, 3.63) is 0 Å². The van der Waals surface area contributed by atoms with E-state index in [2.05, 4.69) is 4.74 Å². The van der Waals surface area contributed by atoms with Gasteiger partial charge in [0.1, 0.15) is 0 Å². The zero-order valence-corrected chi connectivity index (χ0v) is 7.99. The summed E-state index contributed by atoms with van der Waals surface area (Å²) in [5.74, 6) is 0.144. The van der Waals surface area contributed by atoms with E-state index in [1.165, 1.54) is 7.11 Å². The van der Waals surface area contributed by atoms with Gasteiger partial charge in [0.05, 0.1) is 13.7 Å². The topological polar surface area (TPSA) is 61.5 Å². The number of ether oxygens (including phenoxy) is 2. The van der Waals surface area contributed by atoms with Crippen molar-refractivity contribution in [2.45, 2.75) is 25.3 Å². The molecule has 0 radical (unpaired) electrons. The summed E-state index contributed by atoms with van der Waals surface area (Å²) in [6, 6.07) is 0.179. The van der Waals surface area contributed by atoms with Gasteiger partial charge in [-0.2, -0.15) is 0 Å². The van der Waals surface area contributed by atoms with E-state index in [-0.39, 0.29) is 12.0 Å². The molecule has 0 aromatic carbocycles. The van der Waals surface area contributed by atoms with E-state index in [4.69, 9.17) is 10.5 Å². The fourth-order valence-electron chi connectivity index (χ4n) is 1.52. The zero-order chi connectivity index (χ0) is 9.68. The molecule has 0 aromatic rings. The van der Waals surface area contributed by atoms with Crippen molar-refractivity contribution in [3.8, 4) is 0 Å². The van der Waals surface area contributed by atoms with Crippen molar-refractivity contribution in [1.82, 2.24) is 0 Å². The van der Waals surface area contributed by atoms with Crippen molar-refractivity contribution in [3.63, 3.8) is 0 Å². The van der Waals surface area contributed by atoms with Gasteiger partial charge in [-0.25, -0.2) is 0 Å². The first kappa shape index (κ1) is 10.5. The third kappa shape index (κ3) is 3.32. The van der Waals surface area contributed by atoms with Crippen molar-refractivity contribution >= 4 is 5.97 Å². The quantitative estimate of drug-likeness (QED) is 0.646. The van der Waals surface area contributed by atoms with E-state index in [9.17, 15) is 4.79 Å². The molecule has 1 saturated heterocycles. The maximum atomic E-state index is 10.9. The molecule has 0 spiro atoms. The SMILES string of the molecule is COC(=O)CCC1COCCC1N. The summed E-state index contributed by atoms with van der Waals surface area (Å²) < 4.78 is 9.84. The zero-order valence-electron chi connectivity index (χ0n) is 7.99. The molecular weight excluding hydrogens is 170 g/mol. The molecule has 0 saturated carbocycles. The second kappa shape index (κ2) is 5.19. The molecule has 2 atom stereocenters. The van der Waals surface area contributed by atoms with Crippen LogP contribution < -0.4 is 5.73 Å². The minimum atomic E-state index is -0.169. The van der Waals surface area contributed by atoms with Gasteiger partial charge in [-0.05, 0) is 18.8 Å². The molecule has 1 aliphatic rings. The fraction of sp³-hybridized carbons (Fsp3) is 0.889. The average molecular weight is 187 g/mol. The van der Waals surface area contributed by atoms with Gasteiger partial charge in [-0.3, -0.25) is 4.79 Å². The molecule has 4 heteroatoms. The Kier molecular flexibility index (Phi) is 4.18. The first-order valence-electron chi connectivity index (χ1n) is 4.64. The summed E-state index contributed by atoms with van der Waals surface area (Å²) >= 11 is 0. The van der Waals surface area contributed by atoms with Crippen LogP contribution in [0.2, 0.25) is 0 Å². The molecule has 1 fully saturated rings. The molecule has 0 bridgehead atoms. The van der Waals surface area contributed by atoms with Crippen LogP contribution in [0.5, 0.6) is 0 Å². The molecule has 4 nitrogen and oxygen atoms in total. The monoisotopic (exact) mass is 187 g/mol. The number of hydrogen-bond acceptors (Lipinski definition) is 4. The van der Waals surface area contributed by atoms with Gasteiger partial charge in [-0.1, -0.05) is 0 Å². The van der Waals surface area contributed by atoms with Crippen LogP contribution in [0.3, 0.4) is 0 Å². The van der Waals surface area contributed by atoms with Crippen LogP contribution in [-0.2, 0) is 14.3 Å². The van der Waals surface area contributed by atoms with E-state index >= 15 is 0 Å². The molecule has 0 aliphatic carbocycles. The Labute approximate surface area is 78.4 Å². The minimum absolute atomic E-state index is 0.169. The highest BCUT2D eigenvalue weighted by atomic mass is 16.5. The average Bonchev–Trinajstić information content (AvgIpc) is 2.16. The Morgan fingerprint density at radius 1 is 1.69 bits per heavy atom. The van der Waals surface area contributed by atoms with Gasteiger partial charge in [0.25, 0.3) is 0 Å². The molecule has 76 valence electrons. The molecule has 13 heavy (non-hydrogen) atoms. The number of methoxy groups -OCH3 is 1. The van der Waals surface area contributed by atoms with Crippen LogP contribution in [0.4, 0.5) is 0 Å². The summed E-state index contributed by atoms with van der Waals surface area (Å²) in [6.45, 7) is 1.42. The lowest BCUT2D eigenvalue weighted by molar-refractivity contribution is -0.141. The fourth-order valence-corrected chi connectivity index (χ4v) is 1.52. The lowest BCUT2D eigenvalue weighted by Crippen LogP contribution is -2.38. The Morgan fingerprint density at radius 2 is 2.46 bits per heavy atom. The Bertz CT molecular complexity index is 172. The van der Waals surface area contributed by atoms with Gasteiger partial charge >= 0.3 is 5.97 Å². The van der Waals surface area contributed by atoms with E-state index < -0.39 is 0 Å². The predicted octanol–water partition coefficient (Wildman–Crippen LogP) is 0.303. The number of esters is 1. The maximum absolute atomic E-state index is 10.9. The van der Waals surface area contributed by atoms with Crippen molar-refractivity contribution in [2.75, 3.05) is 20.3 Å². The highest BCUT2D eigenvalue weighted by Gasteiger charge is 2.22. The van der Waals surface area contributed by atoms with Crippen LogP contribution in [0.1, 0.15) is 19.3 Å². The van der Waals surface area contributed by atoms with Crippen LogP contribution >= 0.6 is 0 Å². The predicted molar refractivity (Wildman–Crippen MR) is 48.2 cm³/mol. The molecular formula is C9H17NO3. The lowest BCUT2D eigenvalue weighted by Gasteiger charge is -2.28. The van der Waals surface area contributed by atoms with Gasteiger partial charge in [0, 0.05) is 19.1 Å². The number of carbonyl (C=O) groups is 1. The second-order valence-corrected chi connectivity index (χ2v) is 3.40. The number of hydrogen-bond donors (Lipinski definition) is 1. The van der Waals surface area contributed by atoms with Gasteiger partial charge in [0.15, 0.2) is 0 Å². The standard InChI is InChI=1S/C9H17NO3/c1-12-9(11)3-2-7-6-13-5-4-8(7)10/h7-8H,2-6,10H2,1H3. The highest BCUT2D eigenvalue weighted by Crippen LogP contribution is 2.18. The molecule has 1 heterocycles. The second-order valence-electron chi connectivity index (χ2n) is 3.40. The van der Waals surface area contributed by atoms with Gasteiger partial charge in [0.2, 0.25) is 0 Å². The molecule has 0 amide bonds. The van der Waals surface area contributed by atoms with Crippen LogP contribution in [-0.4, -0.2) is 32.3 Å². The maximum Gasteiger partial charge on any atom is 0.305 e. The van der Waals surface area contributed by atoms with Crippen molar-refractivity contribution < 1.29 is 14.3 Å². The van der Waals surface area contributed by atoms with Crippen molar-refractivity contribution in [1.29, 1.82) is 0 Å². The molecule has 2 N–H and O–H groups in total. The molecule has 0 aromatic heterocycles. The van der Waals surface area contributed by atoms with Crippen LogP contribution in [0.15, 0.2) is 0 Å². The largest absolute Gasteiger partial charge is 0.469 e. The first-order valence-corrected chi connectivity index (χ1v) is 4.64. The number of rotatable bonds is 3. The Morgan fingerprint density at radius 3 is 3.08 bits per heavy atom. The van der Waals surface area contributed by atoms with Crippen LogP contribution in [0.25, 0.3) is 0 Å². The van der Waals surface area contributed by atoms with E-state index in [0.29, 0.717) is 18.9 Å². The van der Waals surface area contributed by atoms with Crippen LogP contribution in [0, 0.1) is 5.92 Å². The third-order valence-corrected chi connectivity index (χ3v) is 2.48. The smallest absolute Gasteiger partial charge is 0.305 e. The Hall–Kier alpha value is -0.610. The first-order chi connectivity index (χ1) is 6.24. The summed E-state index contributed by atoms with van der Waals surface area (Å²) in [4.78, 5) is 10.9. The van der Waals surface area contributed by atoms with E-state index in [0.717, 1.165) is 19.4 Å². The molecule has 1 aliphatic heterocycles. The number of carbonyl (C=O) groups excluding carboxylic acids is 1.